The van der Waals surface area contributed by atoms with Crippen LogP contribution in [0.5, 0.6) is 0 Å². The van der Waals surface area contributed by atoms with Crippen LogP contribution in [0.25, 0.3) is 0 Å². The Balaban J connectivity index is 2.16. The number of carboxylic acids is 1. The highest BCUT2D eigenvalue weighted by atomic mass is 16.5. The summed E-state index contributed by atoms with van der Waals surface area (Å²) in [5, 5.41) is 9.61. The molecule has 0 bridgehead atoms. The standard InChI is InChI=1S/C16H24N2O3/c1-12-8-9-18(10-14(12)21-2)11-16(17,15(19)20)13-6-4-3-5-7-13/h3-7,12,14H,8-11,17H2,1-2H3,(H,19,20). The molecule has 1 aliphatic heterocycles. The zero-order chi connectivity index (χ0) is 15.5. The number of hydrogen-bond donors (Lipinski definition) is 2. The Labute approximate surface area is 125 Å². The maximum Gasteiger partial charge on any atom is 0.329 e. The van der Waals surface area contributed by atoms with Gasteiger partial charge in [0.15, 0.2) is 5.54 Å². The van der Waals surface area contributed by atoms with Crippen LogP contribution in [0.4, 0.5) is 0 Å². The molecule has 5 heteroatoms. The predicted molar refractivity (Wildman–Crippen MR) is 81.0 cm³/mol. The monoisotopic (exact) mass is 292 g/mol. The summed E-state index contributed by atoms with van der Waals surface area (Å²) in [6, 6.07) is 9.03. The van der Waals surface area contributed by atoms with E-state index in [1.807, 2.05) is 18.2 Å². The van der Waals surface area contributed by atoms with Gasteiger partial charge in [0.2, 0.25) is 0 Å². The predicted octanol–water partition coefficient (Wildman–Crippen LogP) is 1.28. The van der Waals surface area contributed by atoms with E-state index in [2.05, 4.69) is 11.8 Å². The van der Waals surface area contributed by atoms with Crippen molar-refractivity contribution in [2.24, 2.45) is 11.7 Å². The molecule has 1 aromatic rings. The van der Waals surface area contributed by atoms with Gasteiger partial charge in [-0.3, -0.25) is 4.90 Å². The molecule has 1 aromatic carbocycles. The molecule has 0 aliphatic carbocycles. The number of benzene rings is 1. The molecule has 3 N–H and O–H groups in total. The number of carboxylic acid groups (broad SMARTS) is 1. The normalized spacial score (nSPS) is 26.2. The van der Waals surface area contributed by atoms with E-state index < -0.39 is 11.5 Å². The first-order chi connectivity index (χ1) is 9.97. The SMILES string of the molecule is COC1CN(CC(N)(C(=O)O)c2ccccc2)CCC1C. The van der Waals surface area contributed by atoms with Gasteiger partial charge in [-0.15, -0.1) is 0 Å². The Morgan fingerprint density at radius 2 is 2.14 bits per heavy atom. The lowest BCUT2D eigenvalue weighted by atomic mass is 9.88. The Morgan fingerprint density at radius 3 is 2.71 bits per heavy atom. The maximum atomic E-state index is 11.7. The van der Waals surface area contributed by atoms with Gasteiger partial charge >= 0.3 is 5.97 Å². The number of ether oxygens (including phenoxy) is 1. The number of hydrogen-bond acceptors (Lipinski definition) is 4. The van der Waals surface area contributed by atoms with Crippen molar-refractivity contribution in [1.82, 2.24) is 4.90 Å². The van der Waals surface area contributed by atoms with Crippen molar-refractivity contribution in [3.05, 3.63) is 35.9 Å². The minimum absolute atomic E-state index is 0.132. The summed E-state index contributed by atoms with van der Waals surface area (Å²) < 4.78 is 5.48. The Morgan fingerprint density at radius 1 is 1.48 bits per heavy atom. The molecule has 1 saturated heterocycles. The molecule has 0 amide bonds. The molecule has 21 heavy (non-hydrogen) atoms. The van der Waals surface area contributed by atoms with Crippen molar-refractivity contribution in [2.75, 3.05) is 26.7 Å². The van der Waals surface area contributed by atoms with Crippen LogP contribution < -0.4 is 5.73 Å². The first-order valence-corrected chi connectivity index (χ1v) is 7.30. The third kappa shape index (κ3) is 3.43. The second kappa shape index (κ2) is 6.56. The second-order valence-corrected chi connectivity index (χ2v) is 5.92. The summed E-state index contributed by atoms with van der Waals surface area (Å²) in [5.74, 6) is -0.513. The summed E-state index contributed by atoms with van der Waals surface area (Å²) in [6.45, 7) is 4.02. The van der Waals surface area contributed by atoms with Crippen LogP contribution in [0.3, 0.4) is 0 Å². The zero-order valence-corrected chi connectivity index (χ0v) is 12.7. The van der Waals surface area contributed by atoms with Crippen molar-refractivity contribution in [1.29, 1.82) is 0 Å². The summed E-state index contributed by atoms with van der Waals surface area (Å²) in [5.41, 5.74) is 5.47. The summed E-state index contributed by atoms with van der Waals surface area (Å²) in [7, 11) is 1.70. The Kier molecular flexibility index (Phi) is 4.98. The van der Waals surface area contributed by atoms with Crippen molar-refractivity contribution in [2.45, 2.75) is 25.0 Å². The number of rotatable bonds is 5. The van der Waals surface area contributed by atoms with Crippen LogP contribution >= 0.6 is 0 Å². The van der Waals surface area contributed by atoms with Gasteiger partial charge in [0.05, 0.1) is 6.10 Å². The number of aliphatic carboxylic acids is 1. The van der Waals surface area contributed by atoms with E-state index in [9.17, 15) is 9.90 Å². The fraction of sp³-hybridized carbons (Fsp3) is 0.562. The smallest absolute Gasteiger partial charge is 0.329 e. The van der Waals surface area contributed by atoms with Crippen molar-refractivity contribution in [3.8, 4) is 0 Å². The molecule has 0 aromatic heterocycles. The average molecular weight is 292 g/mol. The minimum atomic E-state index is -1.39. The molecule has 2 rings (SSSR count). The van der Waals surface area contributed by atoms with E-state index in [0.717, 1.165) is 19.5 Å². The summed E-state index contributed by atoms with van der Waals surface area (Å²) >= 11 is 0. The highest BCUT2D eigenvalue weighted by molar-refractivity contribution is 5.80. The van der Waals surface area contributed by atoms with E-state index in [1.165, 1.54) is 0 Å². The fourth-order valence-electron chi connectivity index (χ4n) is 2.92. The third-order valence-corrected chi connectivity index (χ3v) is 4.42. The second-order valence-electron chi connectivity index (χ2n) is 5.92. The zero-order valence-electron chi connectivity index (χ0n) is 12.7. The fourth-order valence-corrected chi connectivity index (χ4v) is 2.92. The Hall–Kier alpha value is -1.43. The van der Waals surface area contributed by atoms with E-state index >= 15 is 0 Å². The van der Waals surface area contributed by atoms with Gasteiger partial charge in [0.25, 0.3) is 0 Å². The summed E-state index contributed by atoms with van der Waals surface area (Å²) in [6.07, 6.45) is 1.12. The molecule has 0 saturated carbocycles. The van der Waals surface area contributed by atoms with E-state index in [-0.39, 0.29) is 6.10 Å². The highest BCUT2D eigenvalue weighted by Gasteiger charge is 2.39. The Bertz CT molecular complexity index is 480. The van der Waals surface area contributed by atoms with Gasteiger partial charge in [0, 0.05) is 20.2 Å². The van der Waals surface area contributed by atoms with Gasteiger partial charge in [-0.1, -0.05) is 37.3 Å². The van der Waals surface area contributed by atoms with Gasteiger partial charge in [-0.05, 0) is 24.4 Å². The molecule has 3 unspecified atom stereocenters. The molecular weight excluding hydrogens is 268 g/mol. The first kappa shape index (κ1) is 15.9. The molecule has 116 valence electrons. The maximum absolute atomic E-state index is 11.7. The lowest BCUT2D eigenvalue weighted by Crippen LogP contribution is -2.56. The van der Waals surface area contributed by atoms with Crippen molar-refractivity contribution >= 4 is 5.97 Å². The lowest BCUT2D eigenvalue weighted by Gasteiger charge is -2.39. The van der Waals surface area contributed by atoms with E-state index in [0.29, 0.717) is 18.0 Å². The third-order valence-electron chi connectivity index (χ3n) is 4.42. The molecule has 1 heterocycles. The van der Waals surface area contributed by atoms with Crippen LogP contribution in [0, 0.1) is 5.92 Å². The first-order valence-electron chi connectivity index (χ1n) is 7.30. The highest BCUT2D eigenvalue weighted by Crippen LogP contribution is 2.25. The van der Waals surface area contributed by atoms with Gasteiger partial charge in [-0.25, -0.2) is 4.79 Å². The molecule has 1 aliphatic rings. The van der Waals surface area contributed by atoms with Crippen molar-refractivity contribution < 1.29 is 14.6 Å². The molecule has 3 atom stereocenters. The summed E-state index contributed by atoms with van der Waals surface area (Å²) in [4.78, 5) is 13.8. The number of likely N-dealkylation sites (tertiary alicyclic amines) is 1. The van der Waals surface area contributed by atoms with E-state index in [1.54, 1.807) is 19.2 Å². The average Bonchev–Trinajstić information content (AvgIpc) is 2.49. The number of nitrogens with two attached hydrogens (primary N) is 1. The number of carbonyl (C=O) groups is 1. The number of methoxy groups -OCH3 is 1. The molecule has 0 spiro atoms. The van der Waals surface area contributed by atoms with Crippen LogP contribution in [-0.4, -0.2) is 48.8 Å². The number of nitrogens with zero attached hydrogens (tertiary/aromatic N) is 1. The van der Waals surface area contributed by atoms with Gasteiger partial charge in [0.1, 0.15) is 0 Å². The molecular formula is C16H24N2O3. The molecule has 1 fully saturated rings. The quantitative estimate of drug-likeness (QED) is 0.855. The van der Waals surface area contributed by atoms with Gasteiger partial charge < -0.3 is 15.6 Å². The van der Waals surface area contributed by atoms with Crippen LogP contribution in [0.15, 0.2) is 30.3 Å². The van der Waals surface area contributed by atoms with Crippen LogP contribution in [-0.2, 0) is 15.1 Å². The molecule has 5 nitrogen and oxygen atoms in total. The van der Waals surface area contributed by atoms with Crippen LogP contribution in [0.1, 0.15) is 18.9 Å². The van der Waals surface area contributed by atoms with Gasteiger partial charge in [-0.2, -0.15) is 0 Å². The number of piperidine rings is 1. The molecule has 0 radical (unpaired) electrons. The van der Waals surface area contributed by atoms with Crippen LogP contribution in [0.2, 0.25) is 0 Å². The van der Waals surface area contributed by atoms with E-state index in [4.69, 9.17) is 10.5 Å². The minimum Gasteiger partial charge on any atom is -0.480 e. The lowest BCUT2D eigenvalue weighted by molar-refractivity contribution is -0.145. The topological polar surface area (TPSA) is 75.8 Å². The van der Waals surface area contributed by atoms with Crippen molar-refractivity contribution in [3.63, 3.8) is 0 Å². The largest absolute Gasteiger partial charge is 0.480 e.